The minimum absolute atomic E-state index is 0.190. The van der Waals surface area contributed by atoms with Crippen LogP contribution in [0.1, 0.15) is 44.9 Å². The summed E-state index contributed by atoms with van der Waals surface area (Å²) in [6, 6.07) is 0.638. The average Bonchev–Trinajstić information content (AvgIpc) is 2.85. The number of aliphatic imine (C=N–C) groups is 1. The van der Waals surface area contributed by atoms with Gasteiger partial charge in [-0.3, -0.25) is 4.99 Å². The Morgan fingerprint density at radius 3 is 2.82 bits per heavy atom. The number of rotatable bonds is 1. The lowest BCUT2D eigenvalue weighted by Crippen LogP contribution is -2.55. The van der Waals surface area contributed by atoms with Crippen molar-refractivity contribution in [1.29, 1.82) is 0 Å². The topological polar surface area (TPSA) is 50.9 Å². The fourth-order valence-electron chi connectivity index (χ4n) is 3.75. The molecule has 2 fully saturated rings. The zero-order chi connectivity index (χ0) is 11.7. The van der Waals surface area contributed by atoms with Crippen molar-refractivity contribution < 1.29 is 4.74 Å². The van der Waals surface area contributed by atoms with Crippen molar-refractivity contribution in [2.75, 3.05) is 19.8 Å². The molecule has 1 spiro atoms. The van der Waals surface area contributed by atoms with Gasteiger partial charge in [0.2, 0.25) is 0 Å². The number of nitrogens with zero attached hydrogens (tertiary/aromatic N) is 2. The number of ether oxygens (including phenoxy) is 1. The Balaban J connectivity index is 1.82. The van der Waals surface area contributed by atoms with E-state index in [0.29, 0.717) is 6.04 Å². The second kappa shape index (κ2) is 4.48. The summed E-state index contributed by atoms with van der Waals surface area (Å²) >= 11 is 0. The molecule has 0 radical (unpaired) electrons. The first kappa shape index (κ1) is 11.3. The largest absolute Gasteiger partial charge is 0.381 e. The Kier molecular flexibility index (Phi) is 2.99. The molecule has 1 aliphatic carbocycles. The van der Waals surface area contributed by atoms with Crippen LogP contribution < -0.4 is 5.73 Å². The van der Waals surface area contributed by atoms with Crippen LogP contribution in [0.5, 0.6) is 0 Å². The molecule has 4 nitrogen and oxygen atoms in total. The molecule has 0 aromatic rings. The monoisotopic (exact) mass is 237 g/mol. The first-order chi connectivity index (χ1) is 8.32. The lowest BCUT2D eigenvalue weighted by molar-refractivity contribution is 0.104. The summed E-state index contributed by atoms with van der Waals surface area (Å²) in [5, 5.41) is 0. The highest BCUT2D eigenvalue weighted by Gasteiger charge is 2.45. The van der Waals surface area contributed by atoms with Gasteiger partial charge >= 0.3 is 0 Å². The van der Waals surface area contributed by atoms with Crippen LogP contribution in [-0.4, -0.2) is 42.2 Å². The van der Waals surface area contributed by atoms with Gasteiger partial charge in [0, 0.05) is 19.3 Å². The molecule has 1 saturated carbocycles. The highest BCUT2D eigenvalue weighted by molar-refractivity contribution is 5.81. The van der Waals surface area contributed by atoms with Crippen molar-refractivity contribution in [3.63, 3.8) is 0 Å². The predicted octanol–water partition coefficient (Wildman–Crippen LogP) is 1.50. The SMILES string of the molecule is NC1=NCC2(CCCOCC2)N1C1CCCC1. The van der Waals surface area contributed by atoms with Gasteiger partial charge in [0.1, 0.15) is 0 Å². The second-order valence-corrected chi connectivity index (χ2v) is 5.67. The minimum atomic E-state index is 0.190. The molecule has 1 atom stereocenters. The molecule has 0 bridgehead atoms. The van der Waals surface area contributed by atoms with Crippen molar-refractivity contribution in [1.82, 2.24) is 4.90 Å². The Labute approximate surface area is 103 Å². The van der Waals surface area contributed by atoms with Crippen molar-refractivity contribution >= 4 is 5.96 Å². The van der Waals surface area contributed by atoms with Crippen molar-refractivity contribution in [3.05, 3.63) is 0 Å². The van der Waals surface area contributed by atoms with Gasteiger partial charge in [0.25, 0.3) is 0 Å². The zero-order valence-electron chi connectivity index (χ0n) is 10.5. The molecule has 96 valence electrons. The standard InChI is InChI=1S/C13H23N3O/c14-12-15-10-13(6-3-8-17-9-7-13)16(12)11-4-1-2-5-11/h11H,1-10H2,(H2,14,15). The molecule has 1 unspecified atom stereocenters. The third kappa shape index (κ3) is 1.92. The predicted molar refractivity (Wildman–Crippen MR) is 68.0 cm³/mol. The molecular weight excluding hydrogens is 214 g/mol. The number of hydrogen-bond acceptors (Lipinski definition) is 4. The van der Waals surface area contributed by atoms with E-state index in [1.807, 2.05) is 0 Å². The van der Waals surface area contributed by atoms with Gasteiger partial charge in [0.15, 0.2) is 5.96 Å². The van der Waals surface area contributed by atoms with Crippen molar-refractivity contribution in [3.8, 4) is 0 Å². The first-order valence-corrected chi connectivity index (χ1v) is 6.99. The molecule has 4 heteroatoms. The highest BCUT2D eigenvalue weighted by Crippen LogP contribution is 2.38. The van der Waals surface area contributed by atoms with Crippen LogP contribution >= 0.6 is 0 Å². The molecule has 1 saturated heterocycles. The molecular formula is C13H23N3O. The van der Waals surface area contributed by atoms with Crippen LogP contribution in [-0.2, 0) is 4.74 Å². The maximum absolute atomic E-state index is 6.15. The van der Waals surface area contributed by atoms with Gasteiger partial charge in [-0.25, -0.2) is 0 Å². The van der Waals surface area contributed by atoms with E-state index >= 15 is 0 Å². The average molecular weight is 237 g/mol. The number of guanidine groups is 1. The molecule has 2 aliphatic heterocycles. The highest BCUT2D eigenvalue weighted by atomic mass is 16.5. The van der Waals surface area contributed by atoms with Gasteiger partial charge in [-0.2, -0.15) is 0 Å². The second-order valence-electron chi connectivity index (χ2n) is 5.67. The van der Waals surface area contributed by atoms with Crippen molar-refractivity contribution in [2.45, 2.75) is 56.5 Å². The molecule has 0 aromatic carbocycles. The van der Waals surface area contributed by atoms with Crippen LogP contribution in [0.3, 0.4) is 0 Å². The lowest BCUT2D eigenvalue weighted by Gasteiger charge is -2.42. The van der Waals surface area contributed by atoms with Gasteiger partial charge in [0.05, 0.1) is 12.1 Å². The molecule has 3 rings (SSSR count). The van der Waals surface area contributed by atoms with E-state index in [-0.39, 0.29) is 5.54 Å². The van der Waals surface area contributed by atoms with E-state index in [4.69, 9.17) is 10.5 Å². The third-order valence-electron chi connectivity index (χ3n) is 4.63. The summed E-state index contributed by atoms with van der Waals surface area (Å²) in [5.41, 5.74) is 6.34. The Hall–Kier alpha value is -0.770. The van der Waals surface area contributed by atoms with Crippen molar-refractivity contribution in [2.24, 2.45) is 10.7 Å². The zero-order valence-corrected chi connectivity index (χ0v) is 10.5. The maximum atomic E-state index is 6.15. The third-order valence-corrected chi connectivity index (χ3v) is 4.63. The fourth-order valence-corrected chi connectivity index (χ4v) is 3.75. The smallest absolute Gasteiger partial charge is 0.192 e. The Bertz CT molecular complexity index is 302. The van der Waals surface area contributed by atoms with E-state index in [1.165, 1.54) is 32.1 Å². The van der Waals surface area contributed by atoms with Crippen LogP contribution in [0.25, 0.3) is 0 Å². The van der Waals surface area contributed by atoms with Crippen LogP contribution in [0, 0.1) is 0 Å². The quantitative estimate of drug-likeness (QED) is 0.752. The number of hydrogen-bond donors (Lipinski definition) is 1. The maximum Gasteiger partial charge on any atom is 0.192 e. The Morgan fingerprint density at radius 1 is 1.18 bits per heavy atom. The van der Waals surface area contributed by atoms with Crippen LogP contribution in [0.4, 0.5) is 0 Å². The summed E-state index contributed by atoms with van der Waals surface area (Å²) in [6.07, 6.45) is 8.70. The normalized spacial score (nSPS) is 35.3. The van der Waals surface area contributed by atoms with Gasteiger partial charge in [-0.15, -0.1) is 0 Å². The fraction of sp³-hybridized carbons (Fsp3) is 0.923. The summed E-state index contributed by atoms with van der Waals surface area (Å²) in [6.45, 7) is 2.66. The summed E-state index contributed by atoms with van der Waals surface area (Å²) in [5.74, 6) is 0.791. The van der Waals surface area contributed by atoms with Gasteiger partial charge in [-0.1, -0.05) is 12.8 Å². The summed E-state index contributed by atoms with van der Waals surface area (Å²) < 4.78 is 5.61. The number of nitrogens with two attached hydrogens (primary N) is 1. The van der Waals surface area contributed by atoms with E-state index in [0.717, 1.165) is 38.6 Å². The molecule has 2 N–H and O–H groups in total. The van der Waals surface area contributed by atoms with E-state index < -0.39 is 0 Å². The molecule has 2 heterocycles. The van der Waals surface area contributed by atoms with Crippen LogP contribution in [0.2, 0.25) is 0 Å². The molecule has 0 amide bonds. The first-order valence-electron chi connectivity index (χ1n) is 6.99. The lowest BCUT2D eigenvalue weighted by atomic mass is 9.88. The van der Waals surface area contributed by atoms with Gasteiger partial charge in [-0.05, 0) is 32.1 Å². The summed E-state index contributed by atoms with van der Waals surface area (Å²) in [4.78, 5) is 7.01. The molecule has 0 aromatic heterocycles. The summed E-state index contributed by atoms with van der Waals surface area (Å²) in [7, 11) is 0. The molecule has 3 aliphatic rings. The van der Waals surface area contributed by atoms with E-state index in [9.17, 15) is 0 Å². The van der Waals surface area contributed by atoms with E-state index in [2.05, 4.69) is 9.89 Å². The van der Waals surface area contributed by atoms with Crippen LogP contribution in [0.15, 0.2) is 4.99 Å². The Morgan fingerprint density at radius 2 is 2.00 bits per heavy atom. The van der Waals surface area contributed by atoms with Gasteiger partial charge < -0.3 is 15.4 Å². The van der Waals surface area contributed by atoms with E-state index in [1.54, 1.807) is 0 Å². The minimum Gasteiger partial charge on any atom is -0.381 e. The molecule has 17 heavy (non-hydrogen) atoms.